The molecule has 4 heteroatoms. The van der Waals surface area contributed by atoms with Crippen molar-refractivity contribution in [1.29, 1.82) is 0 Å². The van der Waals surface area contributed by atoms with Gasteiger partial charge in [-0.05, 0) is 6.92 Å². The van der Waals surface area contributed by atoms with Crippen molar-refractivity contribution in [2.75, 3.05) is 0 Å². The van der Waals surface area contributed by atoms with E-state index < -0.39 is 0 Å². The van der Waals surface area contributed by atoms with E-state index in [0.29, 0.717) is 5.15 Å². The zero-order valence-corrected chi connectivity index (χ0v) is 7.10. The number of hydrogen-bond acceptors (Lipinski definition) is 3. The molecule has 0 amide bonds. The predicted octanol–water partition coefficient (Wildman–Crippen LogP) is 2.12. The molecule has 1 unspecified atom stereocenters. The van der Waals surface area contributed by atoms with Crippen LogP contribution < -0.4 is 0 Å². The highest BCUT2D eigenvalue weighted by molar-refractivity contribution is 7.80. The van der Waals surface area contributed by atoms with E-state index in [0.717, 1.165) is 5.69 Å². The fraction of sp³-hybridized carbons (Fsp3) is 0.333. The molecule has 0 radical (unpaired) electrons. The molecule has 0 aromatic carbocycles. The lowest BCUT2D eigenvalue weighted by atomic mass is 10.3. The number of rotatable bonds is 1. The maximum atomic E-state index is 5.52. The lowest BCUT2D eigenvalue weighted by molar-refractivity contribution is 0.983. The van der Waals surface area contributed by atoms with E-state index in [1.54, 1.807) is 6.20 Å². The number of aromatic nitrogens is 2. The van der Waals surface area contributed by atoms with E-state index in [1.807, 2.05) is 6.92 Å². The van der Waals surface area contributed by atoms with Gasteiger partial charge in [0.25, 0.3) is 0 Å². The smallest absolute Gasteiger partial charge is 0.147 e. The van der Waals surface area contributed by atoms with Gasteiger partial charge in [-0.15, -0.1) is 0 Å². The summed E-state index contributed by atoms with van der Waals surface area (Å²) in [7, 11) is 0. The summed E-state index contributed by atoms with van der Waals surface area (Å²) in [5.41, 5.74) is 0.840. The third-order valence-electron chi connectivity index (χ3n) is 1.07. The van der Waals surface area contributed by atoms with Crippen molar-refractivity contribution >= 4 is 24.2 Å². The van der Waals surface area contributed by atoms with Crippen molar-refractivity contribution in [2.24, 2.45) is 0 Å². The molecular formula is C6H7ClN2S. The van der Waals surface area contributed by atoms with Crippen LogP contribution in [0.5, 0.6) is 0 Å². The molecule has 1 atom stereocenters. The van der Waals surface area contributed by atoms with Crippen molar-refractivity contribution in [2.45, 2.75) is 12.2 Å². The van der Waals surface area contributed by atoms with Gasteiger partial charge < -0.3 is 0 Å². The summed E-state index contributed by atoms with van der Waals surface area (Å²) in [5, 5.41) is 0.530. The van der Waals surface area contributed by atoms with Crippen molar-refractivity contribution in [3.8, 4) is 0 Å². The van der Waals surface area contributed by atoms with Gasteiger partial charge in [0.2, 0.25) is 0 Å². The number of hydrogen-bond donors (Lipinski definition) is 1. The molecule has 1 heterocycles. The van der Waals surface area contributed by atoms with Crippen molar-refractivity contribution < 1.29 is 0 Å². The van der Waals surface area contributed by atoms with Crippen LogP contribution in [0.4, 0.5) is 0 Å². The first-order valence-corrected chi connectivity index (χ1v) is 3.75. The van der Waals surface area contributed by atoms with Gasteiger partial charge in [-0.1, -0.05) is 11.6 Å². The van der Waals surface area contributed by atoms with Crippen LogP contribution in [0.2, 0.25) is 5.15 Å². The Hall–Kier alpha value is -0.280. The van der Waals surface area contributed by atoms with Crippen LogP contribution >= 0.6 is 24.2 Å². The minimum absolute atomic E-state index is 0.116. The summed E-state index contributed by atoms with van der Waals surface area (Å²) in [5.74, 6) is 0. The Labute approximate surface area is 70.1 Å². The Morgan fingerprint density at radius 2 is 2.20 bits per heavy atom. The molecule has 1 aromatic rings. The van der Waals surface area contributed by atoms with Crippen LogP contribution in [0.1, 0.15) is 17.9 Å². The molecule has 0 aliphatic rings. The molecule has 0 fully saturated rings. The van der Waals surface area contributed by atoms with Crippen LogP contribution in [0.25, 0.3) is 0 Å². The molecule has 0 bridgehead atoms. The Kier molecular flexibility index (Phi) is 2.51. The average Bonchev–Trinajstić information content (AvgIpc) is 1.88. The molecule has 0 aliphatic heterocycles. The van der Waals surface area contributed by atoms with Gasteiger partial charge in [0.1, 0.15) is 5.15 Å². The molecule has 10 heavy (non-hydrogen) atoms. The van der Waals surface area contributed by atoms with Crippen LogP contribution in [0.3, 0.4) is 0 Å². The third kappa shape index (κ3) is 1.85. The highest BCUT2D eigenvalue weighted by Crippen LogP contribution is 2.15. The topological polar surface area (TPSA) is 25.8 Å². The van der Waals surface area contributed by atoms with Crippen LogP contribution in [0, 0.1) is 0 Å². The summed E-state index contributed by atoms with van der Waals surface area (Å²) in [6, 6.07) is 0. The van der Waals surface area contributed by atoms with Gasteiger partial charge in [0, 0.05) is 5.25 Å². The quantitative estimate of drug-likeness (QED) is 0.660. The standard InChI is InChI=1S/C6H7ClN2S/c1-4(10)5-2-9-6(7)3-8-5/h2-4,10H,1H3. The summed E-state index contributed by atoms with van der Waals surface area (Å²) in [6.07, 6.45) is 3.14. The Morgan fingerprint density at radius 1 is 1.50 bits per heavy atom. The van der Waals surface area contributed by atoms with Gasteiger partial charge in [-0.3, -0.25) is 4.98 Å². The molecule has 2 nitrogen and oxygen atoms in total. The molecule has 0 aliphatic carbocycles. The largest absolute Gasteiger partial charge is 0.255 e. The minimum Gasteiger partial charge on any atom is -0.255 e. The fourth-order valence-electron chi connectivity index (χ4n) is 0.538. The van der Waals surface area contributed by atoms with Gasteiger partial charge in [-0.25, -0.2) is 4.98 Å². The second-order valence-electron chi connectivity index (χ2n) is 1.94. The van der Waals surface area contributed by atoms with Crippen LogP contribution in [-0.2, 0) is 0 Å². The summed E-state index contributed by atoms with van der Waals surface area (Å²) in [4.78, 5) is 7.86. The number of nitrogens with zero attached hydrogens (tertiary/aromatic N) is 2. The van der Waals surface area contributed by atoms with Gasteiger partial charge in [0.05, 0.1) is 18.1 Å². The maximum absolute atomic E-state index is 5.52. The summed E-state index contributed by atoms with van der Waals surface area (Å²) < 4.78 is 0. The third-order valence-corrected chi connectivity index (χ3v) is 1.53. The fourth-order valence-corrected chi connectivity index (χ4v) is 0.769. The minimum atomic E-state index is 0.116. The van der Waals surface area contributed by atoms with Gasteiger partial charge in [-0.2, -0.15) is 12.6 Å². The molecule has 0 saturated heterocycles. The van der Waals surface area contributed by atoms with Gasteiger partial charge in [0.15, 0.2) is 0 Å². The second-order valence-corrected chi connectivity index (χ2v) is 3.10. The average molecular weight is 175 g/mol. The van der Waals surface area contributed by atoms with E-state index in [9.17, 15) is 0 Å². The Balaban J connectivity index is 2.89. The monoisotopic (exact) mass is 174 g/mol. The van der Waals surface area contributed by atoms with Crippen LogP contribution in [0.15, 0.2) is 12.4 Å². The van der Waals surface area contributed by atoms with Crippen molar-refractivity contribution in [3.63, 3.8) is 0 Å². The first kappa shape index (κ1) is 7.82. The van der Waals surface area contributed by atoms with E-state index >= 15 is 0 Å². The zero-order chi connectivity index (χ0) is 7.56. The number of halogens is 1. The van der Waals surface area contributed by atoms with Gasteiger partial charge >= 0.3 is 0 Å². The summed E-state index contributed by atoms with van der Waals surface area (Å²) >= 11 is 9.69. The highest BCUT2D eigenvalue weighted by Gasteiger charge is 1.99. The normalized spacial score (nSPS) is 13.1. The SMILES string of the molecule is CC(S)c1cnc(Cl)cn1. The van der Waals surface area contributed by atoms with E-state index in [4.69, 9.17) is 11.6 Å². The zero-order valence-electron chi connectivity index (χ0n) is 5.45. The molecule has 54 valence electrons. The van der Waals surface area contributed by atoms with Crippen molar-refractivity contribution in [3.05, 3.63) is 23.2 Å². The van der Waals surface area contributed by atoms with Crippen LogP contribution in [-0.4, -0.2) is 9.97 Å². The van der Waals surface area contributed by atoms with E-state index in [1.165, 1.54) is 6.20 Å². The Morgan fingerprint density at radius 3 is 2.60 bits per heavy atom. The molecule has 0 saturated carbocycles. The molecule has 1 aromatic heterocycles. The maximum Gasteiger partial charge on any atom is 0.147 e. The molecule has 0 spiro atoms. The molecule has 0 N–H and O–H groups in total. The molecule has 1 rings (SSSR count). The Bertz CT molecular complexity index is 209. The lowest BCUT2D eigenvalue weighted by Crippen LogP contribution is -1.90. The summed E-state index contributed by atoms with van der Waals surface area (Å²) in [6.45, 7) is 1.93. The first-order valence-electron chi connectivity index (χ1n) is 2.85. The predicted molar refractivity (Wildman–Crippen MR) is 44.4 cm³/mol. The highest BCUT2D eigenvalue weighted by atomic mass is 35.5. The molecular weight excluding hydrogens is 168 g/mol. The number of thiol groups is 1. The second kappa shape index (κ2) is 3.21. The van der Waals surface area contributed by atoms with E-state index in [2.05, 4.69) is 22.6 Å². The lowest BCUT2D eigenvalue weighted by Gasteiger charge is -2.00. The van der Waals surface area contributed by atoms with Crippen molar-refractivity contribution in [1.82, 2.24) is 9.97 Å². The van der Waals surface area contributed by atoms with E-state index in [-0.39, 0.29) is 5.25 Å². The first-order chi connectivity index (χ1) is 4.70.